The number of nitrogens with zero attached hydrogens (tertiary/aromatic N) is 1. The Balaban J connectivity index is 1.50. The minimum absolute atomic E-state index is 0.0767. The molecule has 2 amide bonds. The van der Waals surface area contributed by atoms with Crippen molar-refractivity contribution in [3.63, 3.8) is 0 Å². The lowest BCUT2D eigenvalue weighted by atomic mass is 10.0. The van der Waals surface area contributed by atoms with E-state index in [1.807, 2.05) is 50.2 Å². The molecule has 1 unspecified atom stereocenters. The maximum absolute atomic E-state index is 12.6. The van der Waals surface area contributed by atoms with E-state index in [1.165, 1.54) is 6.26 Å². The SMILES string of the molecule is CC(C)C(NC(=O)c1ccco1)C(=O)NCc1ccc(OCc2cccnc2)cc1. The van der Waals surface area contributed by atoms with E-state index in [9.17, 15) is 9.59 Å². The van der Waals surface area contributed by atoms with Crippen LogP contribution in [0.3, 0.4) is 0 Å². The second kappa shape index (κ2) is 10.2. The Morgan fingerprint density at radius 1 is 1.07 bits per heavy atom. The van der Waals surface area contributed by atoms with Crippen molar-refractivity contribution < 1.29 is 18.7 Å². The van der Waals surface area contributed by atoms with E-state index in [4.69, 9.17) is 9.15 Å². The van der Waals surface area contributed by atoms with Gasteiger partial charge >= 0.3 is 0 Å². The zero-order valence-corrected chi connectivity index (χ0v) is 17.0. The summed E-state index contributed by atoms with van der Waals surface area (Å²) in [6.45, 7) is 4.54. The van der Waals surface area contributed by atoms with Crippen LogP contribution in [0.4, 0.5) is 0 Å². The summed E-state index contributed by atoms with van der Waals surface area (Å²) in [4.78, 5) is 28.9. The quantitative estimate of drug-likeness (QED) is 0.568. The van der Waals surface area contributed by atoms with Crippen molar-refractivity contribution in [2.75, 3.05) is 0 Å². The fraction of sp³-hybridized carbons (Fsp3) is 0.261. The van der Waals surface area contributed by atoms with Gasteiger partial charge in [0.05, 0.1) is 6.26 Å². The van der Waals surface area contributed by atoms with Gasteiger partial charge in [-0.15, -0.1) is 0 Å². The average molecular weight is 407 g/mol. The van der Waals surface area contributed by atoms with Crippen LogP contribution in [0.2, 0.25) is 0 Å². The maximum atomic E-state index is 12.6. The summed E-state index contributed by atoms with van der Waals surface area (Å²) in [5, 5.41) is 5.60. The van der Waals surface area contributed by atoms with Crippen molar-refractivity contribution in [1.82, 2.24) is 15.6 Å². The molecule has 0 aliphatic carbocycles. The highest BCUT2D eigenvalue weighted by Crippen LogP contribution is 2.14. The topological polar surface area (TPSA) is 93.5 Å². The molecule has 30 heavy (non-hydrogen) atoms. The van der Waals surface area contributed by atoms with Crippen LogP contribution in [0, 0.1) is 5.92 Å². The Morgan fingerprint density at radius 2 is 1.87 bits per heavy atom. The van der Waals surface area contributed by atoms with Gasteiger partial charge in [-0.2, -0.15) is 0 Å². The van der Waals surface area contributed by atoms with E-state index in [0.717, 1.165) is 16.9 Å². The van der Waals surface area contributed by atoms with Crippen LogP contribution in [0.15, 0.2) is 71.6 Å². The zero-order chi connectivity index (χ0) is 21.3. The summed E-state index contributed by atoms with van der Waals surface area (Å²) < 4.78 is 10.8. The van der Waals surface area contributed by atoms with Crippen molar-refractivity contribution in [2.24, 2.45) is 5.92 Å². The number of carbonyl (C=O) groups is 2. The molecule has 0 aliphatic heterocycles. The number of rotatable bonds is 9. The van der Waals surface area contributed by atoms with Crippen LogP contribution in [0.25, 0.3) is 0 Å². The van der Waals surface area contributed by atoms with Gasteiger partial charge in [-0.25, -0.2) is 0 Å². The van der Waals surface area contributed by atoms with Gasteiger partial charge in [0.2, 0.25) is 5.91 Å². The van der Waals surface area contributed by atoms with Crippen molar-refractivity contribution in [3.05, 3.63) is 84.1 Å². The molecule has 0 saturated heterocycles. The first-order valence-electron chi connectivity index (χ1n) is 9.75. The number of carbonyl (C=O) groups excluding carboxylic acids is 2. The number of pyridine rings is 1. The number of hydrogen-bond donors (Lipinski definition) is 2. The predicted octanol–water partition coefficient (Wildman–Crippen LogP) is 3.32. The van der Waals surface area contributed by atoms with Crippen molar-refractivity contribution >= 4 is 11.8 Å². The highest BCUT2D eigenvalue weighted by Gasteiger charge is 2.25. The van der Waals surface area contributed by atoms with E-state index < -0.39 is 11.9 Å². The van der Waals surface area contributed by atoms with E-state index in [2.05, 4.69) is 15.6 Å². The van der Waals surface area contributed by atoms with Crippen molar-refractivity contribution in [1.29, 1.82) is 0 Å². The van der Waals surface area contributed by atoms with Crippen LogP contribution >= 0.6 is 0 Å². The number of aromatic nitrogens is 1. The maximum Gasteiger partial charge on any atom is 0.287 e. The first-order chi connectivity index (χ1) is 14.5. The van der Waals surface area contributed by atoms with Crippen LogP contribution in [0.1, 0.15) is 35.5 Å². The predicted molar refractivity (Wildman–Crippen MR) is 112 cm³/mol. The third-order valence-electron chi connectivity index (χ3n) is 4.50. The minimum Gasteiger partial charge on any atom is -0.489 e. The number of amides is 2. The minimum atomic E-state index is -0.662. The third kappa shape index (κ3) is 5.94. The number of ether oxygens (including phenoxy) is 1. The number of nitrogens with one attached hydrogen (secondary N) is 2. The molecule has 3 aromatic rings. The summed E-state index contributed by atoms with van der Waals surface area (Å²) in [7, 11) is 0. The van der Waals surface area contributed by atoms with Gasteiger partial charge < -0.3 is 19.8 Å². The summed E-state index contributed by atoms with van der Waals surface area (Å²) >= 11 is 0. The Hall–Kier alpha value is -3.61. The molecule has 156 valence electrons. The van der Waals surface area contributed by atoms with Gasteiger partial charge in [0.25, 0.3) is 5.91 Å². The van der Waals surface area contributed by atoms with Gasteiger partial charge in [-0.3, -0.25) is 14.6 Å². The van der Waals surface area contributed by atoms with E-state index >= 15 is 0 Å². The average Bonchev–Trinajstić information content (AvgIpc) is 3.30. The molecule has 0 fully saturated rings. The fourth-order valence-electron chi connectivity index (χ4n) is 2.81. The molecule has 0 saturated carbocycles. The Labute approximate surface area is 175 Å². The standard InChI is InChI=1S/C23H25N3O4/c1-16(2)21(26-22(27)20-6-4-12-29-20)23(28)25-14-17-7-9-19(10-8-17)30-15-18-5-3-11-24-13-18/h3-13,16,21H,14-15H2,1-2H3,(H,25,28)(H,26,27). The van der Waals surface area contributed by atoms with Crippen molar-refractivity contribution in [2.45, 2.75) is 33.0 Å². The fourth-order valence-corrected chi connectivity index (χ4v) is 2.81. The molecule has 7 nitrogen and oxygen atoms in total. The lowest BCUT2D eigenvalue weighted by molar-refractivity contribution is -0.124. The second-order valence-corrected chi connectivity index (χ2v) is 7.18. The van der Waals surface area contributed by atoms with Crippen LogP contribution in [-0.2, 0) is 17.9 Å². The van der Waals surface area contributed by atoms with E-state index in [0.29, 0.717) is 13.2 Å². The Morgan fingerprint density at radius 3 is 2.50 bits per heavy atom. The molecule has 1 atom stereocenters. The zero-order valence-electron chi connectivity index (χ0n) is 17.0. The smallest absolute Gasteiger partial charge is 0.287 e. The van der Waals surface area contributed by atoms with Gasteiger partial charge in [-0.1, -0.05) is 32.0 Å². The molecule has 0 bridgehead atoms. The van der Waals surface area contributed by atoms with Crippen LogP contribution in [-0.4, -0.2) is 22.8 Å². The normalized spacial score (nSPS) is 11.7. The number of furan rings is 1. The van der Waals surface area contributed by atoms with Crippen molar-refractivity contribution in [3.8, 4) is 5.75 Å². The lowest BCUT2D eigenvalue weighted by Gasteiger charge is -2.21. The molecule has 0 radical (unpaired) electrons. The van der Waals surface area contributed by atoms with Crippen LogP contribution in [0.5, 0.6) is 5.75 Å². The number of hydrogen-bond acceptors (Lipinski definition) is 5. The summed E-state index contributed by atoms with van der Waals surface area (Å²) in [5.74, 6) is 0.174. The van der Waals surface area contributed by atoms with Crippen LogP contribution < -0.4 is 15.4 Å². The second-order valence-electron chi connectivity index (χ2n) is 7.18. The Bertz CT molecular complexity index is 938. The molecule has 2 N–H and O–H groups in total. The summed E-state index contributed by atoms with van der Waals surface area (Å²) in [6, 6.07) is 13.8. The summed E-state index contributed by atoms with van der Waals surface area (Å²) in [6.07, 6.45) is 4.90. The number of benzene rings is 1. The monoisotopic (exact) mass is 407 g/mol. The molecule has 2 heterocycles. The highest BCUT2D eigenvalue weighted by atomic mass is 16.5. The third-order valence-corrected chi connectivity index (χ3v) is 4.50. The molecular formula is C23H25N3O4. The lowest BCUT2D eigenvalue weighted by Crippen LogP contribution is -2.49. The van der Waals surface area contributed by atoms with Gasteiger partial charge in [0, 0.05) is 24.5 Å². The molecule has 2 aromatic heterocycles. The largest absolute Gasteiger partial charge is 0.489 e. The highest BCUT2D eigenvalue weighted by molar-refractivity contribution is 5.95. The van der Waals surface area contributed by atoms with E-state index in [1.54, 1.807) is 24.5 Å². The first-order valence-corrected chi connectivity index (χ1v) is 9.75. The van der Waals surface area contributed by atoms with Gasteiger partial charge in [0.1, 0.15) is 18.4 Å². The Kier molecular flexibility index (Phi) is 7.21. The molecule has 3 rings (SSSR count). The summed E-state index contributed by atoms with van der Waals surface area (Å²) in [5.41, 5.74) is 1.92. The van der Waals surface area contributed by atoms with Gasteiger partial charge in [0.15, 0.2) is 5.76 Å². The molecule has 7 heteroatoms. The molecule has 1 aromatic carbocycles. The molecule has 0 aliphatic rings. The van der Waals surface area contributed by atoms with Gasteiger partial charge in [-0.05, 0) is 41.8 Å². The molecule has 0 spiro atoms. The molecular weight excluding hydrogens is 382 g/mol. The van der Waals surface area contributed by atoms with E-state index in [-0.39, 0.29) is 17.6 Å². The first kappa shape index (κ1) is 21.1.